The summed E-state index contributed by atoms with van der Waals surface area (Å²) in [5.74, 6) is -0.290. The molecule has 0 aliphatic carbocycles. The van der Waals surface area contributed by atoms with E-state index in [1.165, 1.54) is 37.0 Å². The zero-order valence-corrected chi connectivity index (χ0v) is 22.5. The smallest absolute Gasteiger partial charge is 0.326 e. The van der Waals surface area contributed by atoms with Crippen molar-refractivity contribution in [1.29, 1.82) is 0 Å². The Morgan fingerprint density at radius 3 is 2.69 bits per heavy atom. The number of aryl methyl sites for hydroxylation is 1. The molecular weight excluding hydrogens is 476 g/mol. The summed E-state index contributed by atoms with van der Waals surface area (Å²) in [6, 6.07) is 7.53. The Balaban J connectivity index is 1.48. The van der Waals surface area contributed by atoms with Gasteiger partial charge in [0.25, 0.3) is 5.91 Å². The number of hydrogen-bond acceptors (Lipinski definition) is 4. The maximum absolute atomic E-state index is 13.6. The lowest BCUT2D eigenvalue weighted by Crippen LogP contribution is -2.50. The lowest BCUT2D eigenvalue weighted by molar-refractivity contribution is 0.102. The molecule has 3 heterocycles. The van der Waals surface area contributed by atoms with E-state index in [-0.39, 0.29) is 11.9 Å². The molecule has 8 nitrogen and oxygen atoms in total. The number of fused-ring (bicyclic) bond motifs is 2. The number of para-hydroxylation sites is 2. The summed E-state index contributed by atoms with van der Waals surface area (Å²) in [6.45, 7) is 10.2. The molecule has 2 aromatic rings. The van der Waals surface area contributed by atoms with Crippen LogP contribution in [0.2, 0.25) is 5.02 Å². The second-order valence-electron chi connectivity index (χ2n) is 9.81. The van der Waals surface area contributed by atoms with E-state index in [0.717, 1.165) is 32.7 Å². The molecule has 0 radical (unpaired) electrons. The van der Waals surface area contributed by atoms with Gasteiger partial charge in [0, 0.05) is 38.9 Å². The molecule has 36 heavy (non-hydrogen) atoms. The fourth-order valence-corrected chi connectivity index (χ4v) is 5.84. The number of halogens is 1. The predicted octanol–water partition coefficient (Wildman–Crippen LogP) is 5.07. The van der Waals surface area contributed by atoms with Crippen molar-refractivity contribution in [3.8, 4) is 0 Å². The van der Waals surface area contributed by atoms with E-state index in [9.17, 15) is 9.59 Å². The van der Waals surface area contributed by atoms with Crippen LogP contribution in [0.3, 0.4) is 0 Å². The first-order valence-electron chi connectivity index (χ1n) is 13.2. The minimum absolute atomic E-state index is 0.290. The van der Waals surface area contributed by atoms with Crippen LogP contribution >= 0.6 is 11.6 Å². The van der Waals surface area contributed by atoms with Gasteiger partial charge in [-0.15, -0.1) is 0 Å². The molecule has 196 valence electrons. The predicted molar refractivity (Wildman–Crippen MR) is 147 cm³/mol. The highest BCUT2D eigenvalue weighted by molar-refractivity contribution is 6.36. The van der Waals surface area contributed by atoms with E-state index in [0.29, 0.717) is 40.4 Å². The van der Waals surface area contributed by atoms with Gasteiger partial charge in [0.05, 0.1) is 16.4 Å². The number of likely N-dealkylation sites (tertiary alicyclic amines) is 1. The number of aromatic nitrogens is 1. The van der Waals surface area contributed by atoms with Gasteiger partial charge in [0.2, 0.25) is 0 Å². The lowest BCUT2D eigenvalue weighted by atomic mass is 10.0. The van der Waals surface area contributed by atoms with Crippen LogP contribution in [-0.4, -0.2) is 71.6 Å². The van der Waals surface area contributed by atoms with E-state index in [4.69, 9.17) is 11.6 Å². The summed E-state index contributed by atoms with van der Waals surface area (Å²) in [5.41, 5.74) is 1.94. The van der Waals surface area contributed by atoms with Gasteiger partial charge in [-0.25, -0.2) is 4.79 Å². The highest BCUT2D eigenvalue weighted by Crippen LogP contribution is 2.42. The topological polar surface area (TPSA) is 72.8 Å². The van der Waals surface area contributed by atoms with Gasteiger partial charge in [0.15, 0.2) is 0 Å². The zero-order chi connectivity index (χ0) is 25.7. The van der Waals surface area contributed by atoms with Crippen molar-refractivity contribution >= 4 is 40.6 Å². The highest BCUT2D eigenvalue weighted by Gasteiger charge is 2.34. The number of urea groups is 1. The van der Waals surface area contributed by atoms with Crippen LogP contribution in [0.5, 0.6) is 0 Å². The fourth-order valence-electron chi connectivity index (χ4n) is 5.52. The molecule has 1 aromatic carbocycles. The van der Waals surface area contributed by atoms with Gasteiger partial charge in [-0.3, -0.25) is 14.6 Å². The molecule has 0 spiro atoms. The molecule has 1 unspecified atom stereocenters. The number of hydrogen-bond donors (Lipinski definition) is 2. The molecule has 1 saturated heterocycles. The number of rotatable bonds is 9. The summed E-state index contributed by atoms with van der Waals surface area (Å²) in [5, 5.41) is 6.39. The quantitative estimate of drug-likeness (QED) is 0.490. The highest BCUT2D eigenvalue weighted by atomic mass is 35.5. The summed E-state index contributed by atoms with van der Waals surface area (Å²) in [6.07, 6.45) is 7.66. The molecular formula is C27H39ClN6O2. The molecule has 2 N–H and O–H groups in total. The zero-order valence-electron chi connectivity index (χ0n) is 21.7. The number of nitrogens with one attached hydrogen (secondary N) is 2. The van der Waals surface area contributed by atoms with Gasteiger partial charge in [-0.2, -0.15) is 0 Å². The van der Waals surface area contributed by atoms with Crippen LogP contribution < -0.4 is 15.5 Å². The van der Waals surface area contributed by atoms with Crippen molar-refractivity contribution in [2.45, 2.75) is 52.0 Å². The van der Waals surface area contributed by atoms with Crippen molar-refractivity contribution in [3.63, 3.8) is 0 Å². The average molecular weight is 515 g/mol. The molecule has 1 aromatic heterocycles. The van der Waals surface area contributed by atoms with Crippen LogP contribution in [0.4, 0.5) is 21.9 Å². The number of amides is 3. The third kappa shape index (κ3) is 5.71. The van der Waals surface area contributed by atoms with Gasteiger partial charge < -0.3 is 20.1 Å². The number of piperidine rings is 1. The Hall–Kier alpha value is -2.55. The summed E-state index contributed by atoms with van der Waals surface area (Å²) in [4.78, 5) is 33.2. The SMILES string of the molecule is CCCN(CCC)CC1CCCCN1CCNC(=O)N1c2ccccc2NC(=O)c2c1c(Cl)cn2C. The minimum Gasteiger partial charge on any atom is -0.343 e. The Morgan fingerprint density at radius 1 is 1.19 bits per heavy atom. The van der Waals surface area contributed by atoms with Crippen molar-refractivity contribution in [1.82, 2.24) is 19.7 Å². The molecule has 0 saturated carbocycles. The number of anilines is 3. The number of carbonyl (C=O) groups is 2. The Labute approximate surface area is 219 Å². The third-order valence-electron chi connectivity index (χ3n) is 7.12. The Bertz CT molecular complexity index is 1060. The van der Waals surface area contributed by atoms with Crippen LogP contribution in [0.25, 0.3) is 0 Å². The van der Waals surface area contributed by atoms with Crippen molar-refractivity contribution < 1.29 is 9.59 Å². The first-order valence-corrected chi connectivity index (χ1v) is 13.6. The summed E-state index contributed by atoms with van der Waals surface area (Å²) in [7, 11) is 1.76. The van der Waals surface area contributed by atoms with Crippen LogP contribution in [-0.2, 0) is 7.05 Å². The summed E-state index contributed by atoms with van der Waals surface area (Å²) < 4.78 is 1.66. The largest absolute Gasteiger partial charge is 0.343 e. The first-order chi connectivity index (χ1) is 17.4. The number of benzene rings is 1. The van der Waals surface area contributed by atoms with E-state index in [1.54, 1.807) is 23.9 Å². The number of nitrogens with zero attached hydrogens (tertiary/aromatic N) is 4. The van der Waals surface area contributed by atoms with Gasteiger partial charge >= 0.3 is 6.03 Å². The fraction of sp³-hybridized carbons (Fsp3) is 0.556. The molecule has 4 rings (SSSR count). The van der Waals surface area contributed by atoms with Crippen molar-refractivity contribution in [2.24, 2.45) is 7.05 Å². The second kappa shape index (κ2) is 12.1. The van der Waals surface area contributed by atoms with Gasteiger partial charge in [-0.1, -0.05) is 44.0 Å². The number of carbonyl (C=O) groups excluding carboxylic acids is 2. The molecule has 9 heteroatoms. The molecule has 1 atom stereocenters. The standard InChI is InChI=1S/C27H39ClN6O2/c1-4-14-32(15-5-2)18-20-10-8-9-16-33(20)17-13-29-27(36)34-23-12-7-6-11-22(23)30-26(35)25-24(34)21(28)19-31(25)3/h6-7,11-12,19-20H,4-5,8-10,13-18H2,1-3H3,(H,29,36)(H,30,35). The maximum Gasteiger partial charge on any atom is 0.326 e. The van der Waals surface area contributed by atoms with E-state index in [2.05, 4.69) is 34.3 Å². The van der Waals surface area contributed by atoms with E-state index in [1.807, 2.05) is 18.2 Å². The van der Waals surface area contributed by atoms with Crippen LogP contribution in [0.15, 0.2) is 30.5 Å². The lowest BCUT2D eigenvalue weighted by Gasteiger charge is -2.39. The van der Waals surface area contributed by atoms with Crippen LogP contribution in [0, 0.1) is 0 Å². The molecule has 1 fully saturated rings. The van der Waals surface area contributed by atoms with E-state index >= 15 is 0 Å². The van der Waals surface area contributed by atoms with Crippen LogP contribution in [0.1, 0.15) is 56.4 Å². The minimum atomic E-state index is -0.291. The Kier molecular flexibility index (Phi) is 8.93. The average Bonchev–Trinajstić information content (AvgIpc) is 3.06. The van der Waals surface area contributed by atoms with Gasteiger partial charge in [0.1, 0.15) is 11.4 Å². The molecule has 2 aliphatic rings. The second-order valence-corrected chi connectivity index (χ2v) is 10.2. The Morgan fingerprint density at radius 2 is 1.94 bits per heavy atom. The molecule has 0 bridgehead atoms. The normalized spacial score (nSPS) is 18.0. The van der Waals surface area contributed by atoms with E-state index < -0.39 is 0 Å². The van der Waals surface area contributed by atoms with Crippen molar-refractivity contribution in [2.75, 3.05) is 49.5 Å². The first kappa shape index (κ1) is 26.5. The molecule has 3 amide bonds. The third-order valence-corrected chi connectivity index (χ3v) is 7.39. The summed E-state index contributed by atoms with van der Waals surface area (Å²) >= 11 is 6.55. The van der Waals surface area contributed by atoms with Gasteiger partial charge in [-0.05, 0) is 57.5 Å². The molecule has 2 aliphatic heterocycles. The van der Waals surface area contributed by atoms with Crippen molar-refractivity contribution in [3.05, 3.63) is 41.2 Å². The monoisotopic (exact) mass is 514 g/mol. The maximum atomic E-state index is 13.6.